The smallest absolute Gasteiger partial charge is 0.251 e. The molecule has 1 fully saturated rings. The van der Waals surface area contributed by atoms with Crippen molar-refractivity contribution in [1.29, 1.82) is 0 Å². The Balaban J connectivity index is 1.43. The fraction of sp³-hybridized carbons (Fsp3) is 0.409. The van der Waals surface area contributed by atoms with Gasteiger partial charge in [0.2, 0.25) is 10.0 Å². The van der Waals surface area contributed by atoms with Gasteiger partial charge >= 0.3 is 0 Å². The Morgan fingerprint density at radius 3 is 2.29 bits per heavy atom. The summed E-state index contributed by atoms with van der Waals surface area (Å²) in [5, 5.41) is 3.05. The average Bonchev–Trinajstić information content (AvgIpc) is 2.72. The van der Waals surface area contributed by atoms with Crippen molar-refractivity contribution in [2.24, 2.45) is 0 Å². The molecule has 1 heterocycles. The van der Waals surface area contributed by atoms with E-state index in [0.717, 1.165) is 49.4 Å². The van der Waals surface area contributed by atoms with E-state index in [1.807, 2.05) is 12.1 Å². The van der Waals surface area contributed by atoms with Crippen molar-refractivity contribution in [3.63, 3.8) is 0 Å². The number of hydrogen-bond donors (Lipinski definition) is 2. The number of piperidine rings is 1. The van der Waals surface area contributed by atoms with Gasteiger partial charge in [-0.15, -0.1) is 0 Å². The highest BCUT2D eigenvalue weighted by molar-refractivity contribution is 7.88. The first-order chi connectivity index (χ1) is 14.7. The number of halogens is 2. The molecule has 0 aliphatic carbocycles. The van der Waals surface area contributed by atoms with Crippen LogP contribution in [0.2, 0.25) is 0 Å². The lowest BCUT2D eigenvalue weighted by Crippen LogP contribution is -2.44. The zero-order valence-corrected chi connectivity index (χ0v) is 18.2. The Hall–Kier alpha value is -2.36. The summed E-state index contributed by atoms with van der Waals surface area (Å²) in [4.78, 5) is 14.7. The second kappa shape index (κ2) is 10.3. The van der Waals surface area contributed by atoms with E-state index in [2.05, 4.69) is 14.9 Å². The van der Waals surface area contributed by atoms with Crippen LogP contribution < -0.4 is 10.0 Å². The molecule has 0 aromatic heterocycles. The van der Waals surface area contributed by atoms with Gasteiger partial charge in [0.15, 0.2) is 11.6 Å². The van der Waals surface area contributed by atoms with Crippen molar-refractivity contribution < 1.29 is 22.0 Å². The molecule has 0 spiro atoms. The standard InChI is InChI=1S/C22H27F2N3O3S/c1-31(29,30)25-11-8-16-2-5-18(6-3-16)22(28)26-19-9-12-27(13-10-19)15-17-4-7-20(23)21(24)14-17/h2-7,14,19,25H,8-13,15H2,1H3,(H,26,28). The third-order valence-corrected chi connectivity index (χ3v) is 6.04. The molecule has 0 radical (unpaired) electrons. The van der Waals surface area contributed by atoms with E-state index in [-0.39, 0.29) is 11.9 Å². The number of carbonyl (C=O) groups is 1. The molecule has 1 aliphatic rings. The normalized spacial score (nSPS) is 15.7. The molecular weight excluding hydrogens is 424 g/mol. The molecule has 0 atom stereocenters. The van der Waals surface area contributed by atoms with Crippen LogP contribution in [-0.4, -0.2) is 51.2 Å². The quantitative estimate of drug-likeness (QED) is 0.646. The second-order valence-corrected chi connectivity index (χ2v) is 9.72. The summed E-state index contributed by atoms with van der Waals surface area (Å²) in [5.74, 6) is -1.82. The molecule has 0 bridgehead atoms. The van der Waals surface area contributed by atoms with Crippen LogP contribution in [-0.2, 0) is 23.0 Å². The number of rotatable bonds is 8. The maximum atomic E-state index is 13.4. The summed E-state index contributed by atoms with van der Waals surface area (Å²) < 4.78 is 51.1. The van der Waals surface area contributed by atoms with Gasteiger partial charge in [0.1, 0.15) is 0 Å². The first-order valence-electron chi connectivity index (χ1n) is 10.2. The fourth-order valence-corrected chi connectivity index (χ4v) is 4.08. The minimum Gasteiger partial charge on any atom is -0.349 e. The average molecular weight is 452 g/mol. The van der Waals surface area contributed by atoms with Crippen LogP contribution in [0.3, 0.4) is 0 Å². The van der Waals surface area contributed by atoms with Gasteiger partial charge in [0, 0.05) is 37.8 Å². The molecule has 168 valence electrons. The maximum Gasteiger partial charge on any atom is 0.251 e. The second-order valence-electron chi connectivity index (χ2n) is 7.89. The Bertz CT molecular complexity index is 1010. The number of carbonyl (C=O) groups excluding carboxylic acids is 1. The molecule has 2 aromatic carbocycles. The molecule has 1 aliphatic heterocycles. The van der Waals surface area contributed by atoms with Gasteiger partial charge in [0.05, 0.1) is 6.26 Å². The predicted molar refractivity (Wildman–Crippen MR) is 115 cm³/mol. The van der Waals surface area contributed by atoms with Crippen LogP contribution in [0.15, 0.2) is 42.5 Å². The van der Waals surface area contributed by atoms with Crippen molar-refractivity contribution in [1.82, 2.24) is 14.9 Å². The summed E-state index contributed by atoms with van der Waals surface area (Å²) in [6.45, 7) is 2.38. The van der Waals surface area contributed by atoms with Crippen molar-refractivity contribution in [3.05, 3.63) is 70.8 Å². The van der Waals surface area contributed by atoms with Gasteiger partial charge in [-0.2, -0.15) is 0 Å². The van der Waals surface area contributed by atoms with Gasteiger partial charge in [-0.25, -0.2) is 21.9 Å². The van der Waals surface area contributed by atoms with E-state index in [9.17, 15) is 22.0 Å². The minimum atomic E-state index is -3.21. The van der Waals surface area contributed by atoms with Gasteiger partial charge in [-0.1, -0.05) is 18.2 Å². The van der Waals surface area contributed by atoms with Crippen LogP contribution >= 0.6 is 0 Å². The third-order valence-electron chi connectivity index (χ3n) is 5.31. The molecule has 0 saturated carbocycles. The van der Waals surface area contributed by atoms with Crippen LogP contribution in [0.1, 0.15) is 34.3 Å². The molecular formula is C22H27F2N3O3S. The van der Waals surface area contributed by atoms with Crippen molar-refractivity contribution in [2.45, 2.75) is 31.8 Å². The number of hydrogen-bond acceptors (Lipinski definition) is 4. The Morgan fingerprint density at radius 2 is 1.68 bits per heavy atom. The van der Waals surface area contributed by atoms with Crippen LogP contribution in [0.4, 0.5) is 8.78 Å². The molecule has 3 rings (SSSR count). The van der Waals surface area contributed by atoms with E-state index in [1.54, 1.807) is 18.2 Å². The predicted octanol–water partition coefficient (Wildman–Crippen LogP) is 2.45. The lowest BCUT2D eigenvalue weighted by atomic mass is 10.0. The number of benzene rings is 2. The summed E-state index contributed by atoms with van der Waals surface area (Å²) in [5.41, 5.74) is 2.23. The zero-order valence-electron chi connectivity index (χ0n) is 17.4. The number of sulfonamides is 1. The van der Waals surface area contributed by atoms with Gasteiger partial charge in [-0.05, 0) is 54.7 Å². The van der Waals surface area contributed by atoms with Crippen molar-refractivity contribution in [3.8, 4) is 0 Å². The van der Waals surface area contributed by atoms with E-state index in [0.29, 0.717) is 25.1 Å². The molecule has 2 aromatic rings. The first-order valence-corrected chi connectivity index (χ1v) is 12.1. The Morgan fingerprint density at radius 1 is 1.03 bits per heavy atom. The molecule has 1 amide bonds. The van der Waals surface area contributed by atoms with Crippen molar-refractivity contribution >= 4 is 15.9 Å². The molecule has 9 heteroatoms. The topological polar surface area (TPSA) is 78.5 Å². The van der Waals surface area contributed by atoms with Crippen LogP contribution in [0.5, 0.6) is 0 Å². The highest BCUT2D eigenvalue weighted by Gasteiger charge is 2.21. The third kappa shape index (κ3) is 7.37. The largest absolute Gasteiger partial charge is 0.349 e. The minimum absolute atomic E-state index is 0.0624. The van der Waals surface area contributed by atoms with E-state index < -0.39 is 21.7 Å². The van der Waals surface area contributed by atoms with Crippen LogP contribution in [0.25, 0.3) is 0 Å². The highest BCUT2D eigenvalue weighted by Crippen LogP contribution is 2.16. The number of amides is 1. The van der Waals surface area contributed by atoms with Crippen molar-refractivity contribution in [2.75, 3.05) is 25.9 Å². The zero-order chi connectivity index (χ0) is 22.4. The van der Waals surface area contributed by atoms with Gasteiger partial charge in [-0.3, -0.25) is 9.69 Å². The molecule has 0 unspecified atom stereocenters. The fourth-order valence-electron chi connectivity index (χ4n) is 3.60. The number of likely N-dealkylation sites (tertiary alicyclic amines) is 1. The lowest BCUT2D eigenvalue weighted by molar-refractivity contribution is 0.0909. The number of nitrogens with zero attached hydrogens (tertiary/aromatic N) is 1. The summed E-state index contributed by atoms with van der Waals surface area (Å²) >= 11 is 0. The Kier molecular flexibility index (Phi) is 7.74. The molecule has 6 nitrogen and oxygen atoms in total. The summed E-state index contributed by atoms with van der Waals surface area (Å²) in [6.07, 6.45) is 3.23. The SMILES string of the molecule is CS(=O)(=O)NCCc1ccc(C(=O)NC2CCN(Cc3ccc(F)c(F)c3)CC2)cc1. The molecule has 2 N–H and O–H groups in total. The van der Waals surface area contributed by atoms with Crippen LogP contribution in [0, 0.1) is 11.6 Å². The van der Waals surface area contributed by atoms with Gasteiger partial charge < -0.3 is 5.32 Å². The molecule has 1 saturated heterocycles. The van der Waals surface area contributed by atoms with E-state index in [4.69, 9.17) is 0 Å². The first kappa shape index (κ1) is 23.3. The summed E-state index contributed by atoms with van der Waals surface area (Å²) in [7, 11) is -3.21. The summed E-state index contributed by atoms with van der Waals surface area (Å²) in [6, 6.07) is 11.1. The van der Waals surface area contributed by atoms with E-state index >= 15 is 0 Å². The molecule has 31 heavy (non-hydrogen) atoms. The Labute approximate surface area is 181 Å². The monoisotopic (exact) mass is 451 g/mol. The van der Waals surface area contributed by atoms with Gasteiger partial charge in [0.25, 0.3) is 5.91 Å². The lowest BCUT2D eigenvalue weighted by Gasteiger charge is -2.32. The maximum absolute atomic E-state index is 13.4. The number of nitrogens with one attached hydrogen (secondary N) is 2. The van der Waals surface area contributed by atoms with E-state index in [1.165, 1.54) is 6.07 Å². The highest BCUT2D eigenvalue weighted by atomic mass is 32.2.